The quantitative estimate of drug-likeness (QED) is 0.813. The van der Waals surface area contributed by atoms with Crippen molar-refractivity contribution in [3.05, 3.63) is 35.9 Å². The topological polar surface area (TPSA) is 66.4 Å². The van der Waals surface area contributed by atoms with Crippen LogP contribution in [0.4, 0.5) is 0 Å². The van der Waals surface area contributed by atoms with E-state index in [9.17, 15) is 9.59 Å². The summed E-state index contributed by atoms with van der Waals surface area (Å²) < 4.78 is 0. The second kappa shape index (κ2) is 6.79. The van der Waals surface area contributed by atoms with E-state index in [1.165, 1.54) is 0 Å². The molecule has 0 aliphatic heterocycles. The number of hydrogen-bond donors (Lipinski definition) is 2. The molecule has 1 amide bonds. The van der Waals surface area contributed by atoms with Crippen LogP contribution in [0.25, 0.3) is 0 Å². The fourth-order valence-electron chi connectivity index (χ4n) is 1.61. The highest BCUT2D eigenvalue weighted by Gasteiger charge is 2.20. The summed E-state index contributed by atoms with van der Waals surface area (Å²) in [5, 5.41) is 11.7. The maximum absolute atomic E-state index is 11.8. The van der Waals surface area contributed by atoms with E-state index in [-0.39, 0.29) is 18.2 Å². The van der Waals surface area contributed by atoms with Gasteiger partial charge in [-0.3, -0.25) is 9.59 Å². The van der Waals surface area contributed by atoms with Gasteiger partial charge in [0.25, 0.3) is 0 Å². The molecule has 1 aromatic rings. The van der Waals surface area contributed by atoms with Crippen molar-refractivity contribution in [3.63, 3.8) is 0 Å². The van der Waals surface area contributed by atoms with Crippen LogP contribution < -0.4 is 5.32 Å². The summed E-state index contributed by atoms with van der Waals surface area (Å²) in [4.78, 5) is 22.7. The molecule has 0 bridgehead atoms. The highest BCUT2D eigenvalue weighted by atomic mass is 16.4. The molecule has 2 unspecified atom stereocenters. The van der Waals surface area contributed by atoms with Crippen LogP contribution in [0.3, 0.4) is 0 Å². The average Bonchev–Trinajstić information content (AvgIpc) is 2.37. The van der Waals surface area contributed by atoms with Crippen molar-refractivity contribution in [3.8, 4) is 0 Å². The van der Waals surface area contributed by atoms with Crippen LogP contribution in [0.2, 0.25) is 0 Å². The number of benzene rings is 1. The second-order valence-electron chi connectivity index (χ2n) is 4.38. The minimum absolute atomic E-state index is 0.104. The van der Waals surface area contributed by atoms with Crippen LogP contribution in [0.1, 0.15) is 38.3 Å². The van der Waals surface area contributed by atoms with Crippen molar-refractivity contribution in [2.75, 3.05) is 0 Å². The molecule has 2 atom stereocenters. The summed E-state index contributed by atoms with van der Waals surface area (Å²) >= 11 is 0. The molecule has 0 aliphatic rings. The first-order valence-corrected chi connectivity index (χ1v) is 6.11. The second-order valence-corrected chi connectivity index (χ2v) is 4.38. The summed E-state index contributed by atoms with van der Waals surface area (Å²) in [6, 6.07) is 8.71. The van der Waals surface area contributed by atoms with Gasteiger partial charge in [-0.15, -0.1) is 0 Å². The summed E-state index contributed by atoms with van der Waals surface area (Å²) in [7, 11) is 0. The van der Waals surface area contributed by atoms with Gasteiger partial charge in [-0.25, -0.2) is 0 Å². The van der Waals surface area contributed by atoms with Gasteiger partial charge in [0.15, 0.2) is 0 Å². The van der Waals surface area contributed by atoms with E-state index in [1.807, 2.05) is 44.2 Å². The molecule has 0 saturated carbocycles. The Morgan fingerprint density at radius 1 is 1.28 bits per heavy atom. The molecule has 0 saturated heterocycles. The Bertz CT molecular complexity index is 403. The number of aliphatic carboxylic acids is 1. The molecular weight excluding hydrogens is 230 g/mol. The zero-order chi connectivity index (χ0) is 13.5. The molecule has 0 heterocycles. The third-order valence-electron chi connectivity index (χ3n) is 2.96. The van der Waals surface area contributed by atoms with Gasteiger partial charge in [-0.05, 0) is 12.0 Å². The first kappa shape index (κ1) is 14.2. The van der Waals surface area contributed by atoms with E-state index in [0.717, 1.165) is 12.0 Å². The predicted octanol–water partition coefficient (Wildman–Crippen LogP) is 2.36. The van der Waals surface area contributed by atoms with E-state index < -0.39 is 12.0 Å². The molecule has 4 nitrogen and oxygen atoms in total. The summed E-state index contributed by atoms with van der Waals surface area (Å²) in [6.07, 6.45) is 0.632. The fraction of sp³-hybridized carbons (Fsp3) is 0.429. The first-order chi connectivity index (χ1) is 8.54. The normalized spacial score (nSPS) is 13.7. The molecule has 4 heteroatoms. The first-order valence-electron chi connectivity index (χ1n) is 6.11. The minimum atomic E-state index is -0.923. The van der Waals surface area contributed by atoms with Crippen LogP contribution in [0.5, 0.6) is 0 Å². The molecule has 1 rings (SSSR count). The molecule has 18 heavy (non-hydrogen) atoms. The van der Waals surface area contributed by atoms with Gasteiger partial charge in [0, 0.05) is 5.92 Å². The third-order valence-corrected chi connectivity index (χ3v) is 2.96. The molecule has 0 aromatic heterocycles. The van der Waals surface area contributed by atoms with Crippen LogP contribution in [-0.2, 0) is 9.59 Å². The van der Waals surface area contributed by atoms with E-state index in [1.54, 1.807) is 0 Å². The lowest BCUT2D eigenvalue weighted by Gasteiger charge is -2.19. The number of hydrogen-bond acceptors (Lipinski definition) is 2. The van der Waals surface area contributed by atoms with Gasteiger partial charge in [-0.1, -0.05) is 44.2 Å². The fourth-order valence-corrected chi connectivity index (χ4v) is 1.61. The number of carbonyl (C=O) groups is 2. The van der Waals surface area contributed by atoms with Crippen molar-refractivity contribution >= 4 is 11.9 Å². The molecule has 2 N–H and O–H groups in total. The van der Waals surface area contributed by atoms with Gasteiger partial charge in [0.1, 0.15) is 0 Å². The SMILES string of the molecule is CCC(C)C(=O)NC(CC(=O)O)c1ccccc1. The van der Waals surface area contributed by atoms with Crippen LogP contribution in [0.15, 0.2) is 30.3 Å². The van der Waals surface area contributed by atoms with E-state index >= 15 is 0 Å². The Balaban J connectivity index is 2.80. The predicted molar refractivity (Wildman–Crippen MR) is 69.0 cm³/mol. The standard InChI is InChI=1S/C14H19NO3/c1-3-10(2)14(18)15-12(9-13(16)17)11-7-5-4-6-8-11/h4-8,10,12H,3,9H2,1-2H3,(H,15,18)(H,16,17). The van der Waals surface area contributed by atoms with E-state index in [2.05, 4.69) is 5.32 Å². The monoisotopic (exact) mass is 249 g/mol. The molecule has 98 valence electrons. The zero-order valence-corrected chi connectivity index (χ0v) is 10.7. The molecule has 0 spiro atoms. The third kappa shape index (κ3) is 4.20. The van der Waals surface area contributed by atoms with E-state index in [4.69, 9.17) is 5.11 Å². The number of carboxylic acid groups (broad SMARTS) is 1. The van der Waals surface area contributed by atoms with Crippen molar-refractivity contribution in [2.45, 2.75) is 32.7 Å². The Kier molecular flexibility index (Phi) is 5.36. The van der Waals surface area contributed by atoms with Crippen LogP contribution in [-0.4, -0.2) is 17.0 Å². The van der Waals surface area contributed by atoms with Gasteiger partial charge >= 0.3 is 5.97 Å². The maximum Gasteiger partial charge on any atom is 0.305 e. The maximum atomic E-state index is 11.8. The Labute approximate surface area is 107 Å². The van der Waals surface area contributed by atoms with Gasteiger partial charge in [0.2, 0.25) is 5.91 Å². The zero-order valence-electron chi connectivity index (χ0n) is 10.7. The Hall–Kier alpha value is -1.84. The number of rotatable bonds is 6. The largest absolute Gasteiger partial charge is 0.481 e. The highest BCUT2D eigenvalue weighted by Crippen LogP contribution is 2.17. The number of carboxylic acids is 1. The smallest absolute Gasteiger partial charge is 0.305 e. The van der Waals surface area contributed by atoms with Gasteiger partial charge in [0.05, 0.1) is 12.5 Å². The molecule has 0 radical (unpaired) electrons. The summed E-state index contributed by atoms with van der Waals surface area (Å²) in [6.45, 7) is 3.76. The molecule has 0 fully saturated rings. The van der Waals surface area contributed by atoms with Crippen LogP contribution >= 0.6 is 0 Å². The Morgan fingerprint density at radius 2 is 1.89 bits per heavy atom. The average molecular weight is 249 g/mol. The highest BCUT2D eigenvalue weighted by molar-refractivity contribution is 5.79. The summed E-state index contributed by atoms with van der Waals surface area (Å²) in [5.41, 5.74) is 0.816. The number of amides is 1. The van der Waals surface area contributed by atoms with Crippen molar-refractivity contribution in [1.29, 1.82) is 0 Å². The minimum Gasteiger partial charge on any atom is -0.481 e. The van der Waals surface area contributed by atoms with Gasteiger partial charge in [-0.2, -0.15) is 0 Å². The lowest BCUT2D eigenvalue weighted by molar-refractivity contribution is -0.137. The lowest BCUT2D eigenvalue weighted by Crippen LogP contribution is -2.33. The van der Waals surface area contributed by atoms with Crippen molar-refractivity contribution < 1.29 is 14.7 Å². The van der Waals surface area contributed by atoms with Crippen molar-refractivity contribution in [1.82, 2.24) is 5.32 Å². The molecule has 0 aliphatic carbocycles. The van der Waals surface area contributed by atoms with Gasteiger partial charge < -0.3 is 10.4 Å². The molecular formula is C14H19NO3. The van der Waals surface area contributed by atoms with E-state index in [0.29, 0.717) is 0 Å². The van der Waals surface area contributed by atoms with Crippen LogP contribution in [0, 0.1) is 5.92 Å². The number of carbonyl (C=O) groups excluding carboxylic acids is 1. The lowest BCUT2D eigenvalue weighted by atomic mass is 10.0. The Morgan fingerprint density at radius 3 is 2.39 bits per heavy atom. The number of nitrogens with one attached hydrogen (secondary N) is 1. The molecule has 1 aromatic carbocycles. The summed E-state index contributed by atoms with van der Waals surface area (Å²) in [5.74, 6) is -1.13. The van der Waals surface area contributed by atoms with Crippen molar-refractivity contribution in [2.24, 2.45) is 5.92 Å².